The predicted molar refractivity (Wildman–Crippen MR) is 76.4 cm³/mol. The van der Waals surface area contributed by atoms with E-state index in [1.807, 2.05) is 6.92 Å². The molecule has 1 aliphatic rings. The molecule has 5 heteroatoms. The van der Waals surface area contributed by atoms with Crippen molar-refractivity contribution in [2.24, 2.45) is 5.92 Å². The molecule has 21 heavy (non-hydrogen) atoms. The summed E-state index contributed by atoms with van der Waals surface area (Å²) in [5.41, 5.74) is 0.901. The van der Waals surface area contributed by atoms with Gasteiger partial charge in [0.05, 0.1) is 18.1 Å². The van der Waals surface area contributed by atoms with E-state index in [1.54, 1.807) is 24.0 Å². The van der Waals surface area contributed by atoms with Gasteiger partial charge in [0.25, 0.3) is 5.91 Å². The largest absolute Gasteiger partial charge is 0.466 e. The van der Waals surface area contributed by atoms with Gasteiger partial charge in [0.15, 0.2) is 0 Å². The fraction of sp³-hybridized carbons (Fsp3) is 0.500. The van der Waals surface area contributed by atoms with Crippen LogP contribution >= 0.6 is 0 Å². The lowest BCUT2D eigenvalue weighted by Gasteiger charge is -2.31. The van der Waals surface area contributed by atoms with E-state index in [9.17, 15) is 14.0 Å². The maximum Gasteiger partial charge on any atom is 0.310 e. The Kier molecular flexibility index (Phi) is 4.94. The van der Waals surface area contributed by atoms with Crippen LogP contribution < -0.4 is 0 Å². The van der Waals surface area contributed by atoms with Crippen molar-refractivity contribution in [3.63, 3.8) is 0 Å². The molecule has 0 spiro atoms. The number of piperidine rings is 1. The Morgan fingerprint density at radius 2 is 2.19 bits per heavy atom. The normalized spacial score (nSPS) is 18.4. The molecule has 1 fully saturated rings. The first kappa shape index (κ1) is 15.5. The third-order valence-corrected chi connectivity index (χ3v) is 3.68. The average Bonchev–Trinajstić information content (AvgIpc) is 2.49. The molecule has 0 N–H and O–H groups in total. The summed E-state index contributed by atoms with van der Waals surface area (Å²) in [5, 5.41) is 0. The van der Waals surface area contributed by atoms with Crippen LogP contribution in [0.15, 0.2) is 18.2 Å². The topological polar surface area (TPSA) is 46.6 Å². The van der Waals surface area contributed by atoms with E-state index < -0.39 is 5.82 Å². The lowest BCUT2D eigenvalue weighted by molar-refractivity contribution is -0.149. The molecule has 1 saturated heterocycles. The van der Waals surface area contributed by atoms with Gasteiger partial charge in [-0.3, -0.25) is 9.59 Å². The molecule has 0 radical (unpaired) electrons. The fourth-order valence-electron chi connectivity index (χ4n) is 2.59. The molecule has 0 bridgehead atoms. The van der Waals surface area contributed by atoms with E-state index in [4.69, 9.17) is 4.74 Å². The summed E-state index contributed by atoms with van der Waals surface area (Å²) in [6.07, 6.45) is 1.43. The van der Waals surface area contributed by atoms with E-state index in [2.05, 4.69) is 0 Å². The Morgan fingerprint density at radius 3 is 2.90 bits per heavy atom. The zero-order chi connectivity index (χ0) is 15.4. The first-order valence-corrected chi connectivity index (χ1v) is 7.25. The van der Waals surface area contributed by atoms with Crippen molar-refractivity contribution in [3.8, 4) is 0 Å². The number of carbonyl (C=O) groups excluding carboxylic acids is 2. The van der Waals surface area contributed by atoms with Crippen LogP contribution in [0.25, 0.3) is 0 Å². The van der Waals surface area contributed by atoms with Crippen LogP contribution in [0.5, 0.6) is 0 Å². The number of aryl methyl sites for hydroxylation is 1. The van der Waals surface area contributed by atoms with Crippen molar-refractivity contribution in [1.82, 2.24) is 4.90 Å². The van der Waals surface area contributed by atoms with Crippen molar-refractivity contribution in [2.75, 3.05) is 19.7 Å². The van der Waals surface area contributed by atoms with Crippen LogP contribution in [0, 0.1) is 18.7 Å². The van der Waals surface area contributed by atoms with E-state index in [0.29, 0.717) is 26.1 Å². The van der Waals surface area contributed by atoms with Gasteiger partial charge in [-0.25, -0.2) is 4.39 Å². The SMILES string of the molecule is CCOC(=O)[C@H]1CCCN(C(=O)c2cc(C)ccc2F)C1. The second-order valence-corrected chi connectivity index (χ2v) is 5.33. The second kappa shape index (κ2) is 6.70. The van der Waals surface area contributed by atoms with Crippen molar-refractivity contribution >= 4 is 11.9 Å². The number of halogens is 1. The minimum absolute atomic E-state index is 0.0690. The monoisotopic (exact) mass is 293 g/mol. The number of esters is 1. The summed E-state index contributed by atoms with van der Waals surface area (Å²) >= 11 is 0. The van der Waals surface area contributed by atoms with Crippen LogP contribution in [0.1, 0.15) is 35.7 Å². The van der Waals surface area contributed by atoms with Crippen molar-refractivity contribution in [3.05, 3.63) is 35.1 Å². The average molecular weight is 293 g/mol. The Labute approximate surface area is 123 Å². The number of amides is 1. The minimum atomic E-state index is -0.524. The van der Waals surface area contributed by atoms with E-state index >= 15 is 0 Å². The molecule has 0 aliphatic carbocycles. The molecule has 1 aromatic rings. The number of nitrogens with zero attached hydrogens (tertiary/aromatic N) is 1. The standard InChI is InChI=1S/C16H20FNO3/c1-3-21-16(20)12-5-4-8-18(10-12)15(19)13-9-11(2)6-7-14(13)17/h6-7,9,12H,3-5,8,10H2,1-2H3/t12-/m0/s1. The Hall–Kier alpha value is -1.91. The number of hydrogen-bond donors (Lipinski definition) is 0. The van der Waals surface area contributed by atoms with Crippen LogP contribution in [-0.2, 0) is 9.53 Å². The molecule has 1 heterocycles. The molecule has 1 amide bonds. The molecule has 114 valence electrons. The lowest BCUT2D eigenvalue weighted by atomic mass is 9.97. The highest BCUT2D eigenvalue weighted by atomic mass is 19.1. The second-order valence-electron chi connectivity index (χ2n) is 5.33. The molecule has 0 unspecified atom stereocenters. The molecular weight excluding hydrogens is 273 g/mol. The smallest absolute Gasteiger partial charge is 0.310 e. The minimum Gasteiger partial charge on any atom is -0.466 e. The Bertz CT molecular complexity index is 544. The number of likely N-dealkylation sites (tertiary alicyclic amines) is 1. The Balaban J connectivity index is 2.12. The molecule has 1 aliphatic heterocycles. The molecule has 4 nitrogen and oxygen atoms in total. The van der Waals surface area contributed by atoms with Gasteiger partial charge >= 0.3 is 5.97 Å². The zero-order valence-electron chi connectivity index (χ0n) is 12.4. The van der Waals surface area contributed by atoms with Crippen LogP contribution in [-0.4, -0.2) is 36.5 Å². The van der Waals surface area contributed by atoms with Gasteiger partial charge in [-0.15, -0.1) is 0 Å². The van der Waals surface area contributed by atoms with Gasteiger partial charge in [0.1, 0.15) is 5.82 Å². The van der Waals surface area contributed by atoms with Gasteiger partial charge in [-0.1, -0.05) is 11.6 Å². The number of rotatable bonds is 3. The molecule has 0 aromatic heterocycles. The molecule has 1 atom stereocenters. The van der Waals surface area contributed by atoms with Gasteiger partial charge < -0.3 is 9.64 Å². The number of benzene rings is 1. The van der Waals surface area contributed by atoms with Crippen molar-refractivity contribution in [2.45, 2.75) is 26.7 Å². The third kappa shape index (κ3) is 3.60. The highest BCUT2D eigenvalue weighted by Gasteiger charge is 2.30. The van der Waals surface area contributed by atoms with Crippen LogP contribution in [0.4, 0.5) is 4.39 Å². The summed E-state index contributed by atoms with van der Waals surface area (Å²) in [6.45, 7) is 4.74. The quantitative estimate of drug-likeness (QED) is 0.805. The first-order chi connectivity index (χ1) is 10.0. The Morgan fingerprint density at radius 1 is 1.43 bits per heavy atom. The van der Waals surface area contributed by atoms with Gasteiger partial charge in [-0.05, 0) is 38.8 Å². The maximum absolute atomic E-state index is 13.8. The van der Waals surface area contributed by atoms with Gasteiger partial charge in [0, 0.05) is 13.1 Å². The third-order valence-electron chi connectivity index (χ3n) is 3.68. The number of ether oxygens (including phenoxy) is 1. The maximum atomic E-state index is 13.8. The highest BCUT2D eigenvalue weighted by molar-refractivity contribution is 5.95. The van der Waals surface area contributed by atoms with Crippen molar-refractivity contribution in [1.29, 1.82) is 0 Å². The number of carbonyl (C=O) groups is 2. The summed E-state index contributed by atoms with van der Waals surface area (Å²) in [6, 6.07) is 4.48. The molecule has 2 rings (SSSR count). The highest BCUT2D eigenvalue weighted by Crippen LogP contribution is 2.21. The van der Waals surface area contributed by atoms with Crippen molar-refractivity contribution < 1.29 is 18.7 Å². The molecular formula is C16H20FNO3. The summed E-state index contributed by atoms with van der Waals surface area (Å²) in [7, 11) is 0. The first-order valence-electron chi connectivity index (χ1n) is 7.25. The zero-order valence-corrected chi connectivity index (χ0v) is 12.4. The lowest BCUT2D eigenvalue weighted by Crippen LogP contribution is -2.43. The predicted octanol–water partition coefficient (Wildman–Crippen LogP) is 2.55. The fourth-order valence-corrected chi connectivity index (χ4v) is 2.59. The summed E-state index contributed by atoms with van der Waals surface area (Å²) in [5.74, 6) is -1.47. The van der Waals surface area contributed by atoms with E-state index in [-0.39, 0.29) is 23.4 Å². The summed E-state index contributed by atoms with van der Waals surface area (Å²) < 4.78 is 18.8. The van der Waals surface area contributed by atoms with E-state index in [1.165, 1.54) is 6.07 Å². The molecule has 1 aromatic carbocycles. The number of hydrogen-bond acceptors (Lipinski definition) is 3. The van der Waals surface area contributed by atoms with Gasteiger partial charge in [0.2, 0.25) is 0 Å². The van der Waals surface area contributed by atoms with E-state index in [0.717, 1.165) is 12.0 Å². The molecule has 0 saturated carbocycles. The summed E-state index contributed by atoms with van der Waals surface area (Å²) in [4.78, 5) is 25.8. The van der Waals surface area contributed by atoms with Crippen LogP contribution in [0.2, 0.25) is 0 Å². The van der Waals surface area contributed by atoms with Crippen LogP contribution in [0.3, 0.4) is 0 Å². The van der Waals surface area contributed by atoms with Gasteiger partial charge in [-0.2, -0.15) is 0 Å².